The van der Waals surface area contributed by atoms with Gasteiger partial charge >= 0.3 is 12.1 Å². The molecule has 1 aromatic carbocycles. The first-order valence-electron chi connectivity index (χ1n) is 10.7. The van der Waals surface area contributed by atoms with Gasteiger partial charge in [0.25, 0.3) is 0 Å². The zero-order valence-corrected chi connectivity index (χ0v) is 18.7. The van der Waals surface area contributed by atoms with Gasteiger partial charge in [-0.3, -0.25) is 0 Å². The molecule has 1 saturated heterocycles. The highest BCUT2D eigenvalue weighted by Gasteiger charge is 2.38. The number of hydrogen-bond acceptors (Lipinski definition) is 5. The Morgan fingerprint density at radius 1 is 1.20 bits per heavy atom. The molecule has 1 aromatic rings. The number of imide groups is 1. The first-order valence-corrected chi connectivity index (χ1v) is 11.0. The number of benzene rings is 1. The number of carbonyl (C=O) groups is 2. The number of nitrogens with zero attached hydrogens (tertiary/aromatic N) is 1. The van der Waals surface area contributed by atoms with E-state index in [0.29, 0.717) is 41.9 Å². The SMILES string of the molecule is CCC1CC(c2cc(Cl)c(OC)c(OC)c2)NC(=O)N1C(=O)OCC1CCCCC1. The maximum absolute atomic E-state index is 12.8. The Kier molecular flexibility index (Phi) is 7.69. The lowest BCUT2D eigenvalue weighted by molar-refractivity contribution is 0.0665. The van der Waals surface area contributed by atoms with Crippen molar-refractivity contribution in [3.05, 3.63) is 22.7 Å². The van der Waals surface area contributed by atoms with Crippen molar-refractivity contribution in [1.82, 2.24) is 10.2 Å². The molecule has 30 heavy (non-hydrogen) atoms. The molecule has 0 bridgehead atoms. The van der Waals surface area contributed by atoms with E-state index in [9.17, 15) is 9.59 Å². The summed E-state index contributed by atoms with van der Waals surface area (Å²) in [5, 5.41) is 3.32. The maximum Gasteiger partial charge on any atom is 0.418 e. The molecule has 7 nitrogen and oxygen atoms in total. The smallest absolute Gasteiger partial charge is 0.418 e. The molecule has 2 aliphatic rings. The molecule has 2 unspecified atom stereocenters. The molecule has 1 N–H and O–H groups in total. The van der Waals surface area contributed by atoms with Crippen LogP contribution >= 0.6 is 11.6 Å². The van der Waals surface area contributed by atoms with Crippen LogP contribution in [0.5, 0.6) is 11.5 Å². The molecule has 1 heterocycles. The van der Waals surface area contributed by atoms with Crippen LogP contribution in [-0.4, -0.2) is 43.9 Å². The minimum atomic E-state index is -0.561. The number of carbonyl (C=O) groups excluding carboxylic acids is 2. The van der Waals surface area contributed by atoms with E-state index in [-0.39, 0.29) is 12.1 Å². The predicted octanol–water partition coefficient (Wildman–Crippen LogP) is 5.31. The van der Waals surface area contributed by atoms with Gasteiger partial charge in [-0.25, -0.2) is 14.5 Å². The van der Waals surface area contributed by atoms with Crippen LogP contribution < -0.4 is 14.8 Å². The lowest BCUT2D eigenvalue weighted by Gasteiger charge is -2.38. The fraction of sp³-hybridized carbons (Fsp3) is 0.636. The van der Waals surface area contributed by atoms with Gasteiger partial charge in [0, 0.05) is 6.04 Å². The molecule has 3 rings (SSSR count). The molecule has 1 aliphatic carbocycles. The summed E-state index contributed by atoms with van der Waals surface area (Å²) in [4.78, 5) is 26.7. The van der Waals surface area contributed by atoms with Crippen molar-refractivity contribution in [2.45, 2.75) is 64.0 Å². The van der Waals surface area contributed by atoms with Crippen molar-refractivity contribution in [3.8, 4) is 11.5 Å². The van der Waals surface area contributed by atoms with Gasteiger partial charge in [-0.2, -0.15) is 0 Å². The molecule has 166 valence electrons. The van der Waals surface area contributed by atoms with Gasteiger partial charge in [0.2, 0.25) is 0 Å². The number of hydrogen-bond donors (Lipinski definition) is 1. The van der Waals surface area contributed by atoms with E-state index in [1.54, 1.807) is 12.1 Å². The van der Waals surface area contributed by atoms with Gasteiger partial charge < -0.3 is 19.5 Å². The lowest BCUT2D eigenvalue weighted by atomic mass is 9.90. The molecule has 1 saturated carbocycles. The topological polar surface area (TPSA) is 77.1 Å². The second-order valence-corrected chi connectivity index (χ2v) is 8.40. The molecular weight excluding hydrogens is 408 g/mol. The van der Waals surface area contributed by atoms with Gasteiger partial charge in [0.1, 0.15) is 0 Å². The quantitative estimate of drug-likeness (QED) is 0.651. The van der Waals surface area contributed by atoms with Gasteiger partial charge in [-0.05, 0) is 49.3 Å². The molecule has 0 radical (unpaired) electrons. The Balaban J connectivity index is 1.70. The van der Waals surface area contributed by atoms with Gasteiger partial charge in [-0.1, -0.05) is 37.8 Å². The second kappa shape index (κ2) is 10.2. The molecule has 0 aromatic heterocycles. The average molecular weight is 439 g/mol. The summed E-state index contributed by atoms with van der Waals surface area (Å²) >= 11 is 6.33. The van der Waals surface area contributed by atoms with Crippen molar-refractivity contribution in [3.63, 3.8) is 0 Å². The average Bonchev–Trinajstić information content (AvgIpc) is 2.76. The van der Waals surface area contributed by atoms with E-state index >= 15 is 0 Å². The van der Waals surface area contributed by atoms with Crippen LogP contribution in [0, 0.1) is 5.92 Å². The maximum atomic E-state index is 12.8. The standard InChI is InChI=1S/C22H31ClN2O5/c1-4-16-12-18(15-10-17(23)20(29-3)19(11-15)28-2)24-21(26)25(16)22(27)30-13-14-8-6-5-7-9-14/h10-11,14,16,18H,4-9,12-13H2,1-3H3,(H,24,26). The molecule has 8 heteroatoms. The Hall–Kier alpha value is -2.15. The summed E-state index contributed by atoms with van der Waals surface area (Å²) in [6.45, 7) is 2.34. The van der Waals surface area contributed by atoms with E-state index < -0.39 is 12.1 Å². The van der Waals surface area contributed by atoms with Gasteiger partial charge in [0.05, 0.1) is 31.9 Å². The fourth-order valence-electron chi connectivity index (χ4n) is 4.37. The van der Waals surface area contributed by atoms with E-state index in [0.717, 1.165) is 18.4 Å². The first kappa shape index (κ1) is 22.5. The number of urea groups is 1. The van der Waals surface area contributed by atoms with Crippen LogP contribution in [0.15, 0.2) is 12.1 Å². The number of nitrogens with one attached hydrogen (secondary N) is 1. The van der Waals surface area contributed by atoms with Crippen molar-refractivity contribution in [2.75, 3.05) is 20.8 Å². The predicted molar refractivity (Wildman–Crippen MR) is 114 cm³/mol. The first-order chi connectivity index (χ1) is 14.5. The summed E-state index contributed by atoms with van der Waals surface area (Å²) in [5.74, 6) is 1.35. The number of ether oxygens (including phenoxy) is 3. The Morgan fingerprint density at radius 2 is 1.93 bits per heavy atom. The monoisotopic (exact) mass is 438 g/mol. The van der Waals surface area contributed by atoms with Crippen molar-refractivity contribution in [1.29, 1.82) is 0 Å². The van der Waals surface area contributed by atoms with Crippen molar-refractivity contribution in [2.24, 2.45) is 5.92 Å². The third-order valence-electron chi connectivity index (χ3n) is 6.08. The van der Waals surface area contributed by atoms with Crippen molar-refractivity contribution < 1.29 is 23.8 Å². The zero-order chi connectivity index (χ0) is 21.7. The van der Waals surface area contributed by atoms with E-state index in [4.69, 9.17) is 25.8 Å². The Morgan fingerprint density at radius 3 is 2.57 bits per heavy atom. The Labute approximate surface area is 183 Å². The number of halogens is 1. The third-order valence-corrected chi connectivity index (χ3v) is 6.36. The normalized spacial score (nSPS) is 22.4. The second-order valence-electron chi connectivity index (χ2n) is 7.99. The molecule has 3 amide bonds. The number of rotatable bonds is 6. The third kappa shape index (κ3) is 4.94. The zero-order valence-electron chi connectivity index (χ0n) is 17.9. The summed E-state index contributed by atoms with van der Waals surface area (Å²) in [6, 6.07) is 2.58. The number of methoxy groups -OCH3 is 2. The highest BCUT2D eigenvalue weighted by atomic mass is 35.5. The Bertz CT molecular complexity index is 766. The van der Waals surface area contributed by atoms with Crippen molar-refractivity contribution >= 4 is 23.7 Å². The fourth-order valence-corrected chi connectivity index (χ4v) is 4.67. The largest absolute Gasteiger partial charge is 0.493 e. The molecular formula is C22H31ClN2O5. The van der Waals surface area contributed by atoms with Crippen LogP contribution in [0.3, 0.4) is 0 Å². The van der Waals surface area contributed by atoms with Crippen LogP contribution in [0.1, 0.15) is 63.5 Å². The van der Waals surface area contributed by atoms with E-state index in [1.807, 2.05) is 6.92 Å². The van der Waals surface area contributed by atoms with Gasteiger partial charge in [0.15, 0.2) is 11.5 Å². The molecule has 1 aliphatic heterocycles. The minimum absolute atomic E-state index is 0.255. The minimum Gasteiger partial charge on any atom is -0.493 e. The summed E-state index contributed by atoms with van der Waals surface area (Å²) in [7, 11) is 3.06. The van der Waals surface area contributed by atoms with Crippen LogP contribution in [0.4, 0.5) is 9.59 Å². The lowest BCUT2D eigenvalue weighted by Crippen LogP contribution is -2.56. The van der Waals surface area contributed by atoms with E-state index in [1.165, 1.54) is 38.4 Å². The van der Waals surface area contributed by atoms with E-state index in [2.05, 4.69) is 5.32 Å². The van der Waals surface area contributed by atoms with Gasteiger partial charge in [-0.15, -0.1) is 0 Å². The summed E-state index contributed by atoms with van der Waals surface area (Å²) in [5.41, 5.74) is 0.805. The number of amides is 3. The highest BCUT2D eigenvalue weighted by Crippen LogP contribution is 2.39. The molecule has 0 spiro atoms. The van der Waals surface area contributed by atoms with Crippen LogP contribution in [0.25, 0.3) is 0 Å². The molecule has 2 atom stereocenters. The highest BCUT2D eigenvalue weighted by molar-refractivity contribution is 6.32. The summed E-state index contributed by atoms with van der Waals surface area (Å²) in [6.07, 6.45) is 6.42. The summed E-state index contributed by atoms with van der Waals surface area (Å²) < 4.78 is 16.2. The van der Waals surface area contributed by atoms with Crippen LogP contribution in [-0.2, 0) is 4.74 Å². The molecule has 2 fully saturated rings. The van der Waals surface area contributed by atoms with Crippen LogP contribution in [0.2, 0.25) is 5.02 Å².